The molecule has 5 nitrogen and oxygen atoms in total. The second-order valence-electron chi connectivity index (χ2n) is 10.5. The molecule has 0 unspecified atom stereocenters. The molecule has 33 heavy (non-hydrogen) atoms. The highest BCUT2D eigenvalue weighted by Gasteiger charge is 2.78. The summed E-state index contributed by atoms with van der Waals surface area (Å²) in [5.41, 5.74) is -8.45. The Morgan fingerprint density at radius 2 is 1.88 bits per heavy atom. The van der Waals surface area contributed by atoms with E-state index in [0.29, 0.717) is 0 Å². The van der Waals surface area contributed by atoms with E-state index >= 15 is 8.78 Å². The van der Waals surface area contributed by atoms with Gasteiger partial charge in [0, 0.05) is 35.2 Å². The number of ketones is 2. The van der Waals surface area contributed by atoms with Crippen molar-refractivity contribution in [2.24, 2.45) is 28.6 Å². The smallest absolute Gasteiger partial charge is 0.303 e. The molecule has 0 radical (unpaired) electrons. The van der Waals surface area contributed by atoms with Crippen molar-refractivity contribution in [2.45, 2.75) is 70.5 Å². The van der Waals surface area contributed by atoms with Crippen LogP contribution >= 0.6 is 0 Å². The van der Waals surface area contributed by atoms with Gasteiger partial charge in [-0.05, 0) is 38.2 Å². The molecule has 3 saturated carbocycles. The van der Waals surface area contributed by atoms with E-state index in [0.717, 1.165) is 19.1 Å². The number of rotatable bonds is 3. The molecule has 0 aromatic heterocycles. The molecule has 0 aromatic carbocycles. The molecule has 0 aliphatic heterocycles. The minimum Gasteiger partial charge on any atom is -0.450 e. The number of esters is 1. The third-order valence-electron chi connectivity index (χ3n) is 9.09. The van der Waals surface area contributed by atoms with Gasteiger partial charge in [-0.1, -0.05) is 19.9 Å². The Hall–Kier alpha value is -2.03. The van der Waals surface area contributed by atoms with Gasteiger partial charge < -0.3 is 9.84 Å². The number of carbonyl (C=O) groups excluding carboxylic acids is 3. The van der Waals surface area contributed by atoms with Crippen LogP contribution in [0.15, 0.2) is 23.6 Å². The number of hydrogen-bond acceptors (Lipinski definition) is 5. The van der Waals surface area contributed by atoms with Crippen LogP contribution in [0.2, 0.25) is 0 Å². The summed E-state index contributed by atoms with van der Waals surface area (Å²) in [6.07, 6.45) is -2.66. The summed E-state index contributed by atoms with van der Waals surface area (Å²) in [4.78, 5) is 36.8. The van der Waals surface area contributed by atoms with E-state index < -0.39 is 101 Å². The molecule has 0 heterocycles. The summed E-state index contributed by atoms with van der Waals surface area (Å²) < 4.78 is 66.5. The van der Waals surface area contributed by atoms with Crippen molar-refractivity contribution >= 4 is 17.5 Å². The minimum absolute atomic E-state index is 0.117. The lowest BCUT2D eigenvalue weighted by atomic mass is 9.44. The number of aliphatic hydroxyl groups is 1. The number of halogens is 4. The number of aliphatic hydroxyl groups excluding tert-OH is 1. The number of carbonyl (C=O) groups is 3. The summed E-state index contributed by atoms with van der Waals surface area (Å²) in [7, 11) is 0. The van der Waals surface area contributed by atoms with E-state index in [1.54, 1.807) is 13.8 Å². The molecule has 0 aromatic rings. The summed E-state index contributed by atoms with van der Waals surface area (Å²) in [6.45, 7) is 4.06. The van der Waals surface area contributed by atoms with Crippen molar-refractivity contribution in [2.75, 3.05) is 6.67 Å². The van der Waals surface area contributed by atoms with Gasteiger partial charge in [0.2, 0.25) is 11.6 Å². The van der Waals surface area contributed by atoms with Crippen molar-refractivity contribution in [3.8, 4) is 0 Å². The summed E-state index contributed by atoms with van der Waals surface area (Å²) in [6, 6.07) is 0. The quantitative estimate of drug-likeness (QED) is 0.501. The first-order valence-corrected chi connectivity index (χ1v) is 11.2. The fourth-order valence-corrected chi connectivity index (χ4v) is 7.81. The Balaban J connectivity index is 1.91. The summed E-state index contributed by atoms with van der Waals surface area (Å²) in [5, 5.41) is 11.2. The zero-order valence-electron chi connectivity index (χ0n) is 19.0. The van der Waals surface area contributed by atoms with Crippen molar-refractivity contribution in [3.63, 3.8) is 0 Å². The fourth-order valence-electron chi connectivity index (χ4n) is 7.81. The summed E-state index contributed by atoms with van der Waals surface area (Å²) in [5.74, 6) is -6.92. The molecule has 4 aliphatic rings. The molecule has 4 aliphatic carbocycles. The van der Waals surface area contributed by atoms with E-state index in [4.69, 9.17) is 4.74 Å². The van der Waals surface area contributed by atoms with Gasteiger partial charge in [-0.15, -0.1) is 0 Å². The monoisotopic (exact) mass is 472 g/mol. The first-order chi connectivity index (χ1) is 15.2. The molecule has 0 amide bonds. The van der Waals surface area contributed by atoms with Crippen LogP contribution in [-0.4, -0.2) is 52.9 Å². The maximum absolute atomic E-state index is 17.1. The Morgan fingerprint density at radius 1 is 1.24 bits per heavy atom. The van der Waals surface area contributed by atoms with E-state index in [-0.39, 0.29) is 6.42 Å². The maximum Gasteiger partial charge on any atom is 0.303 e. The van der Waals surface area contributed by atoms with Crippen LogP contribution in [-0.2, 0) is 19.1 Å². The zero-order valence-corrected chi connectivity index (χ0v) is 19.0. The molecule has 0 spiro atoms. The number of Topliss-reactive ketones (excluding diaryl/α,β-unsaturated/α-hetero) is 1. The molecule has 0 saturated heterocycles. The van der Waals surface area contributed by atoms with Crippen molar-refractivity contribution in [1.29, 1.82) is 0 Å². The Morgan fingerprint density at radius 3 is 2.45 bits per heavy atom. The zero-order chi connectivity index (χ0) is 24.7. The predicted molar refractivity (Wildman–Crippen MR) is 109 cm³/mol. The van der Waals surface area contributed by atoms with Crippen LogP contribution in [0.3, 0.4) is 0 Å². The highest BCUT2D eigenvalue weighted by Crippen LogP contribution is 2.72. The average Bonchev–Trinajstić information content (AvgIpc) is 2.94. The van der Waals surface area contributed by atoms with Gasteiger partial charge in [0.25, 0.3) is 0 Å². The number of fused-ring (bicyclic) bond motifs is 5. The van der Waals surface area contributed by atoms with Gasteiger partial charge in [-0.3, -0.25) is 14.4 Å². The highest BCUT2D eigenvalue weighted by atomic mass is 19.2. The van der Waals surface area contributed by atoms with Crippen LogP contribution < -0.4 is 0 Å². The van der Waals surface area contributed by atoms with Crippen LogP contribution in [0, 0.1) is 28.6 Å². The van der Waals surface area contributed by atoms with Crippen LogP contribution in [0.25, 0.3) is 0 Å². The van der Waals surface area contributed by atoms with Crippen LogP contribution in [0.4, 0.5) is 17.6 Å². The topological polar surface area (TPSA) is 80.7 Å². The Kier molecular flexibility index (Phi) is 5.28. The molecule has 0 bridgehead atoms. The molecule has 1 N–H and O–H groups in total. The van der Waals surface area contributed by atoms with Crippen molar-refractivity contribution < 1.29 is 41.8 Å². The number of allylic oxidation sites excluding steroid dienone is 4. The van der Waals surface area contributed by atoms with E-state index in [2.05, 4.69) is 0 Å². The first-order valence-electron chi connectivity index (χ1n) is 11.2. The molecule has 9 atom stereocenters. The third kappa shape index (κ3) is 2.66. The molecule has 4 rings (SSSR count). The van der Waals surface area contributed by atoms with Gasteiger partial charge in [0.15, 0.2) is 23.8 Å². The number of hydrogen-bond donors (Lipinski definition) is 1. The van der Waals surface area contributed by atoms with Gasteiger partial charge in [0.05, 0.1) is 6.10 Å². The lowest BCUT2D eigenvalue weighted by Gasteiger charge is -2.63. The van der Waals surface area contributed by atoms with Crippen LogP contribution in [0.1, 0.15) is 47.0 Å². The lowest BCUT2D eigenvalue weighted by molar-refractivity contribution is -0.231. The van der Waals surface area contributed by atoms with E-state index in [1.807, 2.05) is 0 Å². The number of ether oxygens (including phenoxy) is 1. The maximum atomic E-state index is 17.1. The van der Waals surface area contributed by atoms with Gasteiger partial charge in [0.1, 0.15) is 6.17 Å². The first kappa shape index (κ1) is 24.1. The Bertz CT molecular complexity index is 993. The summed E-state index contributed by atoms with van der Waals surface area (Å²) >= 11 is 0. The standard InChI is InChI=1S/C24H28F4O5/c1-11-7-13-14-8-15(26)19-20(27)16(30)5-6-21(19,3)23(14,28)17(31)9-22(13,4)24(11,18(32)10-25)33-12(2)29/h5-6,11,13-15,17,31H,7-10H2,1-4H3/t11-,13+,14+,15+,17+,21+,22+,23+,24+/m1/s1. The van der Waals surface area contributed by atoms with Crippen LogP contribution in [0.5, 0.6) is 0 Å². The Labute approximate surface area is 189 Å². The van der Waals surface area contributed by atoms with E-state index in [9.17, 15) is 28.3 Å². The van der Waals surface area contributed by atoms with Crippen molar-refractivity contribution in [1.82, 2.24) is 0 Å². The molecular weight excluding hydrogens is 444 g/mol. The SMILES string of the molecule is CC(=O)O[C@]1(C(=O)CF)[C@H](C)C[C@H]2[C@@H]3C[C@H](F)C4=C(F)C(=O)C=C[C@]4(C)[C@@]3(F)[C@@H](O)C[C@@]21C. The predicted octanol–water partition coefficient (Wildman–Crippen LogP) is 3.69. The van der Waals surface area contributed by atoms with Gasteiger partial charge in [-0.25, -0.2) is 17.6 Å². The second kappa shape index (κ2) is 7.23. The lowest BCUT2D eigenvalue weighted by Crippen LogP contribution is -2.71. The fraction of sp³-hybridized carbons (Fsp3) is 0.708. The number of alkyl halides is 3. The molecule has 3 fully saturated rings. The highest BCUT2D eigenvalue weighted by molar-refractivity contribution is 6.04. The largest absolute Gasteiger partial charge is 0.450 e. The van der Waals surface area contributed by atoms with Gasteiger partial charge >= 0.3 is 5.97 Å². The molecular formula is C24H28F4O5. The van der Waals surface area contributed by atoms with E-state index in [1.165, 1.54) is 6.92 Å². The average molecular weight is 472 g/mol. The second-order valence-corrected chi connectivity index (χ2v) is 10.5. The third-order valence-corrected chi connectivity index (χ3v) is 9.09. The molecule has 182 valence electrons. The normalized spacial score (nSPS) is 48.8. The molecule has 9 heteroatoms. The van der Waals surface area contributed by atoms with Gasteiger partial charge in [-0.2, -0.15) is 0 Å². The van der Waals surface area contributed by atoms with Crippen molar-refractivity contribution in [3.05, 3.63) is 23.6 Å². The minimum atomic E-state index is -2.56.